The number of aryl methyl sites for hydroxylation is 1. The number of H-pyrrole nitrogens is 1. The first-order valence-electron chi connectivity index (χ1n) is 6.03. The van der Waals surface area contributed by atoms with Gasteiger partial charge in [-0.2, -0.15) is 0 Å². The summed E-state index contributed by atoms with van der Waals surface area (Å²) in [6.45, 7) is 2.00. The van der Waals surface area contributed by atoms with Crippen molar-refractivity contribution >= 4 is 28.8 Å². The average Bonchev–Trinajstić information content (AvgIpc) is 2.84. The number of fused-ring (bicyclic) bond motifs is 1. The lowest BCUT2D eigenvalue weighted by molar-refractivity contribution is 0.112. The van der Waals surface area contributed by atoms with Gasteiger partial charge in [0.25, 0.3) is 0 Å². The summed E-state index contributed by atoms with van der Waals surface area (Å²) in [5.74, 6) is 0. The maximum atomic E-state index is 11.5. The second-order valence-electron chi connectivity index (χ2n) is 4.51. The molecule has 0 aliphatic heterocycles. The zero-order chi connectivity index (χ0) is 13.4. The molecule has 3 aromatic rings. The summed E-state index contributed by atoms with van der Waals surface area (Å²) in [7, 11) is 0. The molecule has 19 heavy (non-hydrogen) atoms. The highest BCUT2D eigenvalue weighted by molar-refractivity contribution is 6.37. The van der Waals surface area contributed by atoms with Crippen LogP contribution in [0.3, 0.4) is 0 Å². The number of aromatic amines is 1. The van der Waals surface area contributed by atoms with E-state index in [9.17, 15) is 4.79 Å². The Bertz CT molecular complexity index is 759. The van der Waals surface area contributed by atoms with Crippen molar-refractivity contribution in [2.45, 2.75) is 6.92 Å². The molecule has 0 aliphatic rings. The summed E-state index contributed by atoms with van der Waals surface area (Å²) in [4.78, 5) is 14.8. The molecule has 1 N–H and O–H groups in total. The first-order chi connectivity index (χ1) is 9.22. The van der Waals surface area contributed by atoms with Gasteiger partial charge in [-0.1, -0.05) is 48.0 Å². The summed E-state index contributed by atoms with van der Waals surface area (Å²) in [6, 6.07) is 13.6. The summed E-state index contributed by atoms with van der Waals surface area (Å²) in [5, 5.41) is 1.40. The van der Waals surface area contributed by atoms with Crippen LogP contribution in [0.15, 0.2) is 42.5 Å². The van der Waals surface area contributed by atoms with E-state index in [-0.39, 0.29) is 0 Å². The van der Waals surface area contributed by atoms with E-state index in [1.807, 2.05) is 49.4 Å². The third kappa shape index (κ3) is 1.85. The Morgan fingerprint density at radius 3 is 2.53 bits per heavy atom. The molecule has 0 fully saturated rings. The van der Waals surface area contributed by atoms with Crippen LogP contribution in [0.25, 0.3) is 22.2 Å². The van der Waals surface area contributed by atoms with E-state index in [0.29, 0.717) is 10.6 Å². The molecule has 0 saturated heterocycles. The highest BCUT2D eigenvalue weighted by Crippen LogP contribution is 2.34. The molecule has 3 rings (SSSR count). The maximum absolute atomic E-state index is 11.5. The monoisotopic (exact) mass is 269 g/mol. The zero-order valence-corrected chi connectivity index (χ0v) is 11.2. The highest BCUT2D eigenvalue weighted by atomic mass is 35.5. The van der Waals surface area contributed by atoms with Gasteiger partial charge in [0.2, 0.25) is 0 Å². The first-order valence-corrected chi connectivity index (χ1v) is 6.41. The SMILES string of the molecule is Cc1ccc(Cl)c2c(C=O)c(-c3ccccc3)[nH]c12. The highest BCUT2D eigenvalue weighted by Gasteiger charge is 2.16. The van der Waals surface area contributed by atoms with Gasteiger partial charge in [0.15, 0.2) is 6.29 Å². The van der Waals surface area contributed by atoms with E-state index >= 15 is 0 Å². The van der Waals surface area contributed by atoms with Crippen molar-refractivity contribution in [3.8, 4) is 11.3 Å². The third-order valence-corrected chi connectivity index (χ3v) is 3.65. The standard InChI is InChI=1S/C16H12ClNO/c1-10-7-8-13(17)14-12(9-19)16(18-15(10)14)11-5-3-2-4-6-11/h2-9,18H,1H3. The van der Waals surface area contributed by atoms with Crippen LogP contribution in [0.1, 0.15) is 15.9 Å². The molecule has 0 unspecified atom stereocenters. The number of halogens is 1. The Morgan fingerprint density at radius 2 is 1.84 bits per heavy atom. The number of aromatic nitrogens is 1. The number of nitrogens with one attached hydrogen (secondary N) is 1. The van der Waals surface area contributed by atoms with Crippen LogP contribution in [0.4, 0.5) is 0 Å². The Labute approximate surface area is 116 Å². The number of rotatable bonds is 2. The molecular formula is C16H12ClNO. The predicted octanol–water partition coefficient (Wildman–Crippen LogP) is 4.61. The lowest BCUT2D eigenvalue weighted by atomic mass is 10.1. The van der Waals surface area contributed by atoms with Crippen molar-refractivity contribution in [1.29, 1.82) is 0 Å². The van der Waals surface area contributed by atoms with Crippen molar-refractivity contribution in [1.82, 2.24) is 4.98 Å². The summed E-state index contributed by atoms with van der Waals surface area (Å²) in [6.07, 6.45) is 0.868. The van der Waals surface area contributed by atoms with Gasteiger partial charge in [-0.05, 0) is 24.1 Å². The van der Waals surface area contributed by atoms with E-state index < -0.39 is 0 Å². The van der Waals surface area contributed by atoms with Crippen LogP contribution in [-0.4, -0.2) is 11.3 Å². The molecule has 0 bridgehead atoms. The Kier molecular flexibility index (Phi) is 2.88. The second-order valence-corrected chi connectivity index (χ2v) is 4.92. The fraction of sp³-hybridized carbons (Fsp3) is 0.0625. The van der Waals surface area contributed by atoms with Gasteiger partial charge in [-0.3, -0.25) is 4.79 Å². The molecule has 0 aliphatic carbocycles. The smallest absolute Gasteiger partial charge is 0.152 e. The quantitative estimate of drug-likeness (QED) is 0.677. The van der Waals surface area contributed by atoms with Crippen LogP contribution in [0.2, 0.25) is 5.02 Å². The van der Waals surface area contributed by atoms with E-state index in [4.69, 9.17) is 11.6 Å². The largest absolute Gasteiger partial charge is 0.354 e. The molecule has 0 saturated carbocycles. The molecule has 0 radical (unpaired) electrons. The predicted molar refractivity (Wildman–Crippen MR) is 78.9 cm³/mol. The first kappa shape index (κ1) is 12.0. The van der Waals surface area contributed by atoms with Crippen LogP contribution in [0.5, 0.6) is 0 Å². The normalized spacial score (nSPS) is 10.8. The van der Waals surface area contributed by atoms with Crippen molar-refractivity contribution in [3.05, 3.63) is 58.6 Å². The van der Waals surface area contributed by atoms with E-state index in [1.54, 1.807) is 0 Å². The van der Waals surface area contributed by atoms with Crippen LogP contribution in [-0.2, 0) is 0 Å². The maximum Gasteiger partial charge on any atom is 0.152 e. The molecule has 1 aromatic heterocycles. The number of benzene rings is 2. The molecular weight excluding hydrogens is 258 g/mol. The van der Waals surface area contributed by atoms with Gasteiger partial charge >= 0.3 is 0 Å². The Morgan fingerprint density at radius 1 is 1.11 bits per heavy atom. The van der Waals surface area contributed by atoms with Gasteiger partial charge in [-0.15, -0.1) is 0 Å². The topological polar surface area (TPSA) is 32.9 Å². The van der Waals surface area contributed by atoms with Crippen LogP contribution >= 0.6 is 11.6 Å². The van der Waals surface area contributed by atoms with E-state index in [0.717, 1.165) is 34.0 Å². The molecule has 1 heterocycles. The third-order valence-electron chi connectivity index (χ3n) is 3.33. The number of carbonyl (C=O) groups is 1. The van der Waals surface area contributed by atoms with Crippen molar-refractivity contribution in [2.24, 2.45) is 0 Å². The minimum atomic E-state index is 0.598. The number of hydrogen-bond donors (Lipinski definition) is 1. The van der Waals surface area contributed by atoms with E-state index in [2.05, 4.69) is 4.98 Å². The van der Waals surface area contributed by atoms with E-state index in [1.165, 1.54) is 0 Å². The van der Waals surface area contributed by atoms with Crippen molar-refractivity contribution in [3.63, 3.8) is 0 Å². The summed E-state index contributed by atoms with van der Waals surface area (Å²) < 4.78 is 0. The van der Waals surface area contributed by atoms with Crippen LogP contribution in [0, 0.1) is 6.92 Å². The lowest BCUT2D eigenvalue weighted by Crippen LogP contribution is -1.84. The molecule has 0 atom stereocenters. The Balaban J connectivity index is 2.42. The molecule has 2 aromatic carbocycles. The fourth-order valence-electron chi connectivity index (χ4n) is 2.37. The number of carbonyl (C=O) groups excluding carboxylic acids is 1. The van der Waals surface area contributed by atoms with Gasteiger partial charge in [0, 0.05) is 10.9 Å². The van der Waals surface area contributed by atoms with Gasteiger partial charge in [0.1, 0.15) is 0 Å². The van der Waals surface area contributed by atoms with Crippen LogP contribution < -0.4 is 0 Å². The lowest BCUT2D eigenvalue weighted by Gasteiger charge is -1.99. The molecule has 94 valence electrons. The van der Waals surface area contributed by atoms with Gasteiger partial charge < -0.3 is 4.98 Å². The van der Waals surface area contributed by atoms with Crippen molar-refractivity contribution in [2.75, 3.05) is 0 Å². The Hall–Kier alpha value is -2.06. The van der Waals surface area contributed by atoms with Gasteiger partial charge in [-0.25, -0.2) is 0 Å². The zero-order valence-electron chi connectivity index (χ0n) is 10.4. The molecule has 3 heteroatoms. The summed E-state index contributed by atoms with van der Waals surface area (Å²) in [5.41, 5.74) is 4.42. The number of aldehydes is 1. The van der Waals surface area contributed by atoms with Crippen molar-refractivity contribution < 1.29 is 4.79 Å². The minimum absolute atomic E-state index is 0.598. The molecule has 2 nitrogen and oxygen atoms in total. The second kappa shape index (κ2) is 4.56. The van der Waals surface area contributed by atoms with Gasteiger partial charge in [0.05, 0.1) is 16.2 Å². The number of hydrogen-bond acceptors (Lipinski definition) is 1. The summed E-state index contributed by atoms with van der Waals surface area (Å²) >= 11 is 6.23. The molecule has 0 spiro atoms. The molecule has 0 amide bonds. The fourth-order valence-corrected chi connectivity index (χ4v) is 2.63. The average molecular weight is 270 g/mol. The minimum Gasteiger partial charge on any atom is -0.354 e.